The molecule has 4 nitrogen and oxygen atoms in total. The summed E-state index contributed by atoms with van der Waals surface area (Å²) in [5.41, 5.74) is 1.21. The summed E-state index contributed by atoms with van der Waals surface area (Å²) in [6.07, 6.45) is 0.390. The summed E-state index contributed by atoms with van der Waals surface area (Å²) in [6.45, 7) is 3.45. The number of ether oxygens (including phenoxy) is 2. The van der Waals surface area contributed by atoms with Crippen molar-refractivity contribution in [1.29, 1.82) is 0 Å². The van der Waals surface area contributed by atoms with Gasteiger partial charge in [0.05, 0.1) is 13.2 Å². The lowest BCUT2D eigenvalue weighted by molar-refractivity contribution is -0.121. The highest BCUT2D eigenvalue weighted by Gasteiger charge is 1.97. The van der Waals surface area contributed by atoms with Crippen LogP contribution in [0.5, 0.6) is 5.75 Å². The van der Waals surface area contributed by atoms with Crippen LogP contribution in [0.3, 0.4) is 0 Å². The highest BCUT2D eigenvalue weighted by atomic mass is 16.5. The molecule has 1 aromatic rings. The largest absolute Gasteiger partial charge is 0.491 e. The van der Waals surface area contributed by atoms with Gasteiger partial charge in [-0.3, -0.25) is 4.79 Å². The Bertz CT molecular complexity index is 335. The van der Waals surface area contributed by atoms with Gasteiger partial charge in [0.2, 0.25) is 5.91 Å². The Morgan fingerprint density at radius 3 is 2.53 bits per heavy atom. The third-order valence-electron chi connectivity index (χ3n) is 2.27. The maximum Gasteiger partial charge on any atom is 0.222 e. The van der Waals surface area contributed by atoms with Gasteiger partial charge >= 0.3 is 0 Å². The maximum atomic E-state index is 10.9. The Kier molecular flexibility index (Phi) is 6.10. The molecule has 1 N–H and O–H groups in total. The lowest BCUT2D eigenvalue weighted by Crippen LogP contribution is -2.20. The van der Waals surface area contributed by atoms with E-state index in [1.807, 2.05) is 31.2 Å². The minimum atomic E-state index is -0.00977. The zero-order valence-corrected chi connectivity index (χ0v) is 10.4. The molecular weight excluding hydrogens is 218 g/mol. The fourth-order valence-electron chi connectivity index (χ4n) is 1.24. The summed E-state index contributed by atoms with van der Waals surface area (Å²) in [5.74, 6) is 0.829. The molecular formula is C13H19NO3. The van der Waals surface area contributed by atoms with Gasteiger partial charge in [0.1, 0.15) is 12.4 Å². The molecule has 0 heterocycles. The number of nitrogens with one attached hydrogen (secondary N) is 1. The second-order valence-electron chi connectivity index (χ2n) is 3.70. The molecule has 1 rings (SSSR count). The zero-order chi connectivity index (χ0) is 12.5. The molecule has 0 bridgehead atoms. The number of hydrogen-bond donors (Lipinski definition) is 1. The smallest absolute Gasteiger partial charge is 0.222 e. The maximum absolute atomic E-state index is 10.9. The second kappa shape index (κ2) is 7.68. The first-order valence-corrected chi connectivity index (χ1v) is 5.70. The van der Waals surface area contributed by atoms with Crippen molar-refractivity contribution in [3.05, 3.63) is 29.8 Å². The highest BCUT2D eigenvalue weighted by Crippen LogP contribution is 2.10. The Hall–Kier alpha value is -1.55. The quantitative estimate of drug-likeness (QED) is 0.731. The molecule has 0 saturated carbocycles. The van der Waals surface area contributed by atoms with Crippen molar-refractivity contribution in [1.82, 2.24) is 5.32 Å². The van der Waals surface area contributed by atoms with Gasteiger partial charge in [-0.25, -0.2) is 0 Å². The van der Waals surface area contributed by atoms with E-state index in [1.165, 1.54) is 5.56 Å². The second-order valence-corrected chi connectivity index (χ2v) is 3.70. The van der Waals surface area contributed by atoms with Crippen LogP contribution in [-0.4, -0.2) is 32.8 Å². The third kappa shape index (κ3) is 5.92. The molecule has 0 atom stereocenters. The number of hydrogen-bond acceptors (Lipinski definition) is 3. The first-order valence-electron chi connectivity index (χ1n) is 5.70. The predicted octanol–water partition coefficient (Wildman–Crippen LogP) is 1.53. The Morgan fingerprint density at radius 2 is 1.88 bits per heavy atom. The number of carbonyl (C=O) groups is 1. The number of aryl methyl sites for hydroxylation is 1. The lowest BCUT2D eigenvalue weighted by atomic mass is 10.2. The van der Waals surface area contributed by atoms with Crippen molar-refractivity contribution in [2.24, 2.45) is 0 Å². The molecule has 4 heteroatoms. The molecule has 0 aliphatic rings. The molecule has 0 spiro atoms. The molecule has 1 amide bonds. The van der Waals surface area contributed by atoms with Crippen LogP contribution >= 0.6 is 0 Å². The van der Waals surface area contributed by atoms with Gasteiger partial charge in [0.15, 0.2) is 0 Å². The van der Waals surface area contributed by atoms with Crippen LogP contribution in [0.4, 0.5) is 0 Å². The normalized spacial score (nSPS) is 10.0. The fraction of sp³-hybridized carbons (Fsp3) is 0.462. The van der Waals surface area contributed by atoms with Gasteiger partial charge in [0.25, 0.3) is 0 Å². The van der Waals surface area contributed by atoms with Crippen molar-refractivity contribution < 1.29 is 14.3 Å². The molecule has 0 radical (unpaired) electrons. The van der Waals surface area contributed by atoms with E-state index >= 15 is 0 Å². The predicted molar refractivity (Wildman–Crippen MR) is 66.2 cm³/mol. The topological polar surface area (TPSA) is 47.6 Å². The van der Waals surface area contributed by atoms with Gasteiger partial charge in [-0.15, -0.1) is 0 Å². The first-order chi connectivity index (χ1) is 8.22. The Morgan fingerprint density at radius 1 is 1.18 bits per heavy atom. The lowest BCUT2D eigenvalue weighted by Gasteiger charge is -2.07. The summed E-state index contributed by atoms with van der Waals surface area (Å²) in [4.78, 5) is 10.9. The van der Waals surface area contributed by atoms with Gasteiger partial charge < -0.3 is 14.8 Å². The van der Waals surface area contributed by atoms with Crippen LogP contribution in [0.1, 0.15) is 12.0 Å². The fourth-order valence-corrected chi connectivity index (χ4v) is 1.24. The molecule has 0 fully saturated rings. The molecule has 0 aromatic heterocycles. The molecule has 94 valence electrons. The van der Waals surface area contributed by atoms with Crippen molar-refractivity contribution in [2.75, 3.05) is 26.9 Å². The van der Waals surface area contributed by atoms with Crippen LogP contribution in [0.2, 0.25) is 0 Å². The van der Waals surface area contributed by atoms with E-state index in [0.29, 0.717) is 26.2 Å². The van der Waals surface area contributed by atoms with Gasteiger partial charge in [-0.1, -0.05) is 17.7 Å². The monoisotopic (exact) mass is 237 g/mol. The minimum absolute atomic E-state index is 0.00977. The van der Waals surface area contributed by atoms with E-state index in [1.54, 1.807) is 7.05 Å². The Labute approximate surface area is 102 Å². The van der Waals surface area contributed by atoms with E-state index in [0.717, 1.165) is 5.75 Å². The molecule has 0 aliphatic heterocycles. The SMILES string of the molecule is CNC(=O)CCOCCOc1ccc(C)cc1. The van der Waals surface area contributed by atoms with E-state index in [4.69, 9.17) is 9.47 Å². The summed E-state index contributed by atoms with van der Waals surface area (Å²) >= 11 is 0. The number of rotatable bonds is 7. The van der Waals surface area contributed by atoms with Gasteiger partial charge in [0, 0.05) is 13.5 Å². The van der Waals surface area contributed by atoms with Crippen LogP contribution in [0.15, 0.2) is 24.3 Å². The molecule has 1 aromatic carbocycles. The van der Waals surface area contributed by atoms with E-state index in [-0.39, 0.29) is 5.91 Å². The van der Waals surface area contributed by atoms with Crippen molar-refractivity contribution in [3.63, 3.8) is 0 Å². The van der Waals surface area contributed by atoms with Crippen LogP contribution in [0.25, 0.3) is 0 Å². The molecule has 17 heavy (non-hydrogen) atoms. The number of amides is 1. The zero-order valence-electron chi connectivity index (χ0n) is 10.4. The summed E-state index contributed by atoms with van der Waals surface area (Å²) in [5, 5.41) is 2.54. The molecule has 0 aliphatic carbocycles. The van der Waals surface area contributed by atoms with E-state index < -0.39 is 0 Å². The highest BCUT2D eigenvalue weighted by molar-refractivity contribution is 5.75. The average Bonchev–Trinajstić information content (AvgIpc) is 2.35. The average molecular weight is 237 g/mol. The van der Waals surface area contributed by atoms with Crippen LogP contribution in [-0.2, 0) is 9.53 Å². The van der Waals surface area contributed by atoms with Crippen molar-refractivity contribution in [2.45, 2.75) is 13.3 Å². The van der Waals surface area contributed by atoms with Crippen molar-refractivity contribution in [3.8, 4) is 5.75 Å². The van der Waals surface area contributed by atoms with E-state index in [9.17, 15) is 4.79 Å². The number of benzene rings is 1. The van der Waals surface area contributed by atoms with E-state index in [2.05, 4.69) is 5.32 Å². The minimum Gasteiger partial charge on any atom is -0.491 e. The molecule has 0 saturated heterocycles. The molecule has 0 unspecified atom stereocenters. The van der Waals surface area contributed by atoms with Crippen LogP contribution < -0.4 is 10.1 Å². The Balaban J connectivity index is 2.04. The summed E-state index contributed by atoms with van der Waals surface area (Å²) < 4.78 is 10.7. The first kappa shape index (κ1) is 13.5. The van der Waals surface area contributed by atoms with Gasteiger partial charge in [-0.05, 0) is 19.1 Å². The van der Waals surface area contributed by atoms with Crippen molar-refractivity contribution >= 4 is 5.91 Å². The summed E-state index contributed by atoms with van der Waals surface area (Å²) in [7, 11) is 1.61. The number of carbonyl (C=O) groups excluding carboxylic acids is 1. The standard InChI is InChI=1S/C13H19NO3/c1-11-3-5-12(6-4-11)17-10-9-16-8-7-13(15)14-2/h3-6H,7-10H2,1-2H3,(H,14,15). The van der Waals surface area contributed by atoms with Gasteiger partial charge in [-0.2, -0.15) is 0 Å². The summed E-state index contributed by atoms with van der Waals surface area (Å²) in [6, 6.07) is 7.86. The van der Waals surface area contributed by atoms with Crippen LogP contribution in [0, 0.1) is 6.92 Å². The third-order valence-corrected chi connectivity index (χ3v) is 2.27.